The van der Waals surface area contributed by atoms with Crippen molar-refractivity contribution in [1.29, 1.82) is 0 Å². The highest BCUT2D eigenvalue weighted by Crippen LogP contribution is 2.09. The molecule has 0 radical (unpaired) electrons. The molecule has 94 valence electrons. The van der Waals surface area contributed by atoms with Gasteiger partial charge in [0.25, 0.3) is 0 Å². The first-order chi connectivity index (χ1) is 9.33. The van der Waals surface area contributed by atoms with Gasteiger partial charge in [-0.1, -0.05) is 48.5 Å². The van der Waals surface area contributed by atoms with Gasteiger partial charge in [-0.25, -0.2) is 4.79 Å². The molecule has 0 saturated heterocycles. The Balaban J connectivity index is 1.92. The number of nitrogens with zero attached hydrogens (tertiary/aromatic N) is 1. The average molecular weight is 250 g/mol. The number of hydrogen-bond acceptors (Lipinski definition) is 1. The molecule has 0 aliphatic rings. The number of aromatic nitrogens is 2. The van der Waals surface area contributed by atoms with Crippen LogP contribution in [0.2, 0.25) is 0 Å². The van der Waals surface area contributed by atoms with Crippen molar-refractivity contribution in [3.63, 3.8) is 0 Å². The van der Waals surface area contributed by atoms with Crippen molar-refractivity contribution in [2.45, 2.75) is 6.42 Å². The fourth-order valence-electron chi connectivity index (χ4n) is 2.13. The average Bonchev–Trinajstić information content (AvgIpc) is 2.82. The Morgan fingerprint density at radius 1 is 0.895 bits per heavy atom. The molecular formula is C16H14N2O. The van der Waals surface area contributed by atoms with Gasteiger partial charge in [-0.2, -0.15) is 0 Å². The normalized spacial score (nSPS) is 10.5. The lowest BCUT2D eigenvalue weighted by Gasteiger charge is -1.99. The summed E-state index contributed by atoms with van der Waals surface area (Å²) in [5.41, 5.74) is 2.88. The molecule has 0 bridgehead atoms. The minimum Gasteiger partial charge on any atom is -0.309 e. The Labute approximate surface area is 111 Å². The van der Waals surface area contributed by atoms with Crippen LogP contribution in [0.5, 0.6) is 0 Å². The van der Waals surface area contributed by atoms with Gasteiger partial charge in [-0.15, -0.1) is 0 Å². The lowest BCUT2D eigenvalue weighted by atomic mass is 10.1. The molecule has 0 spiro atoms. The number of H-pyrrole nitrogens is 1. The molecule has 3 nitrogen and oxygen atoms in total. The van der Waals surface area contributed by atoms with Crippen LogP contribution in [-0.2, 0) is 6.42 Å². The fraction of sp³-hybridized carbons (Fsp3) is 0.0625. The maximum Gasteiger partial charge on any atom is 0.330 e. The predicted octanol–water partition coefficient (Wildman–Crippen LogP) is 2.76. The summed E-state index contributed by atoms with van der Waals surface area (Å²) in [6.45, 7) is 0. The van der Waals surface area contributed by atoms with E-state index < -0.39 is 0 Å². The molecule has 1 N–H and O–H groups in total. The zero-order valence-electron chi connectivity index (χ0n) is 10.4. The highest BCUT2D eigenvalue weighted by molar-refractivity contribution is 5.32. The Morgan fingerprint density at radius 3 is 2.21 bits per heavy atom. The Kier molecular flexibility index (Phi) is 3.02. The summed E-state index contributed by atoms with van der Waals surface area (Å²) in [5.74, 6) is 0. The van der Waals surface area contributed by atoms with E-state index in [2.05, 4.69) is 17.1 Å². The second kappa shape index (κ2) is 4.98. The minimum atomic E-state index is -0.0999. The predicted molar refractivity (Wildman–Crippen MR) is 75.6 cm³/mol. The second-order valence-electron chi connectivity index (χ2n) is 4.45. The summed E-state index contributed by atoms with van der Waals surface area (Å²) in [6.07, 6.45) is 2.60. The molecule has 0 atom stereocenters. The summed E-state index contributed by atoms with van der Waals surface area (Å²) >= 11 is 0. The smallest absolute Gasteiger partial charge is 0.309 e. The molecule has 2 aromatic carbocycles. The first-order valence-corrected chi connectivity index (χ1v) is 6.23. The maximum absolute atomic E-state index is 11.9. The second-order valence-corrected chi connectivity index (χ2v) is 4.45. The van der Waals surface area contributed by atoms with Crippen LogP contribution in [-0.4, -0.2) is 9.55 Å². The van der Waals surface area contributed by atoms with Crippen LogP contribution in [0.3, 0.4) is 0 Å². The van der Waals surface area contributed by atoms with Gasteiger partial charge < -0.3 is 4.98 Å². The first-order valence-electron chi connectivity index (χ1n) is 6.23. The van der Waals surface area contributed by atoms with Crippen LogP contribution >= 0.6 is 0 Å². The van der Waals surface area contributed by atoms with Crippen LogP contribution in [0.15, 0.2) is 71.7 Å². The number of hydrogen-bond donors (Lipinski definition) is 1. The molecule has 0 fully saturated rings. The number of rotatable bonds is 3. The largest absolute Gasteiger partial charge is 0.330 e. The van der Waals surface area contributed by atoms with E-state index in [-0.39, 0.29) is 5.69 Å². The van der Waals surface area contributed by atoms with Crippen molar-refractivity contribution < 1.29 is 0 Å². The summed E-state index contributed by atoms with van der Waals surface area (Å²) in [7, 11) is 0. The number of benzene rings is 2. The number of imidazole rings is 1. The topological polar surface area (TPSA) is 37.8 Å². The Morgan fingerprint density at radius 2 is 1.53 bits per heavy atom. The van der Waals surface area contributed by atoms with Gasteiger partial charge in [-0.3, -0.25) is 4.57 Å². The molecule has 0 unspecified atom stereocenters. The molecule has 3 aromatic rings. The molecular weight excluding hydrogens is 236 g/mol. The van der Waals surface area contributed by atoms with E-state index in [0.717, 1.165) is 17.8 Å². The van der Waals surface area contributed by atoms with Crippen molar-refractivity contribution in [1.82, 2.24) is 9.55 Å². The standard InChI is InChI=1S/C16H14N2O/c19-16-17-14(11-13-7-3-1-4-8-13)12-18(16)15-9-5-2-6-10-15/h1-10,12H,11H2,(H,17,19). The van der Waals surface area contributed by atoms with Gasteiger partial charge in [0.2, 0.25) is 0 Å². The highest BCUT2D eigenvalue weighted by atomic mass is 16.1. The van der Waals surface area contributed by atoms with E-state index in [9.17, 15) is 4.79 Å². The first kappa shape index (κ1) is 11.5. The molecule has 19 heavy (non-hydrogen) atoms. The van der Waals surface area contributed by atoms with E-state index in [1.165, 1.54) is 5.56 Å². The Bertz CT molecular complexity index is 711. The SMILES string of the molecule is O=c1[nH]c(Cc2ccccc2)cn1-c1ccccc1. The summed E-state index contributed by atoms with van der Waals surface area (Å²) in [6, 6.07) is 19.7. The van der Waals surface area contributed by atoms with E-state index >= 15 is 0 Å². The van der Waals surface area contributed by atoms with Crippen LogP contribution in [0, 0.1) is 0 Å². The van der Waals surface area contributed by atoms with Crippen LogP contribution < -0.4 is 5.69 Å². The lowest BCUT2D eigenvalue weighted by molar-refractivity contribution is 0.986. The van der Waals surface area contributed by atoms with E-state index in [1.54, 1.807) is 4.57 Å². The van der Waals surface area contributed by atoms with Crippen molar-refractivity contribution >= 4 is 0 Å². The van der Waals surface area contributed by atoms with Crippen molar-refractivity contribution in [3.8, 4) is 5.69 Å². The molecule has 3 rings (SSSR count). The van der Waals surface area contributed by atoms with Gasteiger partial charge >= 0.3 is 5.69 Å². The third-order valence-electron chi connectivity index (χ3n) is 3.04. The highest BCUT2D eigenvalue weighted by Gasteiger charge is 2.05. The number of para-hydroxylation sites is 1. The van der Waals surface area contributed by atoms with E-state index in [1.807, 2.05) is 54.7 Å². The molecule has 1 aromatic heterocycles. The van der Waals surface area contributed by atoms with Crippen molar-refractivity contribution in [2.24, 2.45) is 0 Å². The zero-order valence-corrected chi connectivity index (χ0v) is 10.4. The summed E-state index contributed by atoms with van der Waals surface area (Å²) in [5, 5.41) is 0. The molecule has 0 aliphatic carbocycles. The van der Waals surface area contributed by atoms with Crippen molar-refractivity contribution in [3.05, 3.63) is 88.6 Å². The molecule has 0 amide bonds. The molecule has 0 saturated carbocycles. The molecule has 3 heteroatoms. The summed E-state index contributed by atoms with van der Waals surface area (Å²) in [4.78, 5) is 14.8. The quantitative estimate of drug-likeness (QED) is 0.762. The van der Waals surface area contributed by atoms with Gasteiger partial charge in [0.1, 0.15) is 0 Å². The fourth-order valence-corrected chi connectivity index (χ4v) is 2.13. The Hall–Kier alpha value is -2.55. The lowest BCUT2D eigenvalue weighted by Crippen LogP contribution is -2.13. The third-order valence-corrected chi connectivity index (χ3v) is 3.04. The number of aromatic amines is 1. The van der Waals surface area contributed by atoms with Gasteiger partial charge in [0.05, 0.1) is 5.69 Å². The summed E-state index contributed by atoms with van der Waals surface area (Å²) < 4.78 is 1.64. The third kappa shape index (κ3) is 2.50. The number of nitrogens with one attached hydrogen (secondary N) is 1. The van der Waals surface area contributed by atoms with Crippen molar-refractivity contribution in [2.75, 3.05) is 0 Å². The zero-order chi connectivity index (χ0) is 13.1. The van der Waals surface area contributed by atoms with Gasteiger partial charge in [0.15, 0.2) is 0 Å². The molecule has 0 aliphatic heterocycles. The minimum absolute atomic E-state index is 0.0999. The van der Waals surface area contributed by atoms with E-state index in [4.69, 9.17) is 0 Å². The van der Waals surface area contributed by atoms with Crippen LogP contribution in [0.25, 0.3) is 5.69 Å². The molecule has 1 heterocycles. The van der Waals surface area contributed by atoms with Crippen LogP contribution in [0.1, 0.15) is 11.3 Å². The maximum atomic E-state index is 11.9. The van der Waals surface area contributed by atoms with Crippen LogP contribution in [0.4, 0.5) is 0 Å². The van der Waals surface area contributed by atoms with Gasteiger partial charge in [-0.05, 0) is 17.7 Å². The monoisotopic (exact) mass is 250 g/mol. The van der Waals surface area contributed by atoms with E-state index in [0.29, 0.717) is 0 Å². The van der Waals surface area contributed by atoms with Gasteiger partial charge in [0, 0.05) is 18.3 Å².